The number of rotatable bonds is 5. The van der Waals surface area contributed by atoms with E-state index in [1.54, 1.807) is 0 Å². The van der Waals surface area contributed by atoms with E-state index >= 15 is 0 Å². The zero-order valence-corrected chi connectivity index (χ0v) is 18.3. The number of hydrogen-bond acceptors (Lipinski definition) is 2. The van der Waals surface area contributed by atoms with E-state index in [1.165, 1.54) is 17.7 Å². The lowest BCUT2D eigenvalue weighted by Crippen LogP contribution is -2.48. The summed E-state index contributed by atoms with van der Waals surface area (Å²) in [5.74, 6) is 0. The van der Waals surface area contributed by atoms with Gasteiger partial charge in [-0.1, -0.05) is 41.9 Å². The maximum absolute atomic E-state index is 13.0. The van der Waals surface area contributed by atoms with Crippen molar-refractivity contribution in [2.45, 2.75) is 31.5 Å². The molecule has 8 heteroatoms. The molecule has 162 valence electrons. The maximum atomic E-state index is 13.0. The van der Waals surface area contributed by atoms with Gasteiger partial charge < -0.3 is 15.1 Å². The highest BCUT2D eigenvalue weighted by Gasteiger charge is 2.33. The van der Waals surface area contributed by atoms with Crippen LogP contribution in [0.1, 0.15) is 24.0 Å². The van der Waals surface area contributed by atoms with Crippen molar-refractivity contribution in [3.05, 3.63) is 64.7 Å². The van der Waals surface area contributed by atoms with Gasteiger partial charge in [-0.15, -0.1) is 0 Å². The summed E-state index contributed by atoms with van der Waals surface area (Å²) in [6, 6.07) is 14.1. The van der Waals surface area contributed by atoms with Crippen LogP contribution in [0.25, 0.3) is 0 Å². The molecule has 0 saturated carbocycles. The fourth-order valence-electron chi connectivity index (χ4n) is 3.67. The molecule has 1 heterocycles. The normalized spacial score (nSPS) is 15.8. The summed E-state index contributed by atoms with van der Waals surface area (Å²) < 4.78 is 38.9. The predicted octanol–water partition coefficient (Wildman–Crippen LogP) is 5.69. The topological polar surface area (TPSA) is 18.5 Å². The summed E-state index contributed by atoms with van der Waals surface area (Å²) in [6.07, 6.45) is -1.67. The van der Waals surface area contributed by atoms with Crippen molar-refractivity contribution in [3.63, 3.8) is 0 Å². The summed E-state index contributed by atoms with van der Waals surface area (Å²) in [4.78, 5) is 4.46. The van der Waals surface area contributed by atoms with E-state index in [2.05, 4.69) is 34.3 Å². The van der Waals surface area contributed by atoms with Gasteiger partial charge in [0.1, 0.15) is 0 Å². The van der Waals surface area contributed by atoms with Crippen LogP contribution in [0.4, 0.5) is 18.9 Å². The molecule has 0 aliphatic carbocycles. The molecule has 1 fully saturated rings. The maximum Gasteiger partial charge on any atom is 0.417 e. The quantitative estimate of drug-likeness (QED) is 0.583. The Morgan fingerprint density at radius 2 is 1.83 bits per heavy atom. The number of thiocarbonyl (C=S) groups is 1. The standard InChI is InChI=1S/C22H25ClF3N3S/c1-28-12-10-18(11-13-28)29(14-9-16-5-3-2-4-6-16)21(30)27-17-7-8-19(20(23)15-17)22(24,25)26/h2-8,15,18H,9-14H2,1H3,(H,27,30). The minimum absolute atomic E-state index is 0.287. The van der Waals surface area contributed by atoms with Gasteiger partial charge in [0.2, 0.25) is 0 Å². The van der Waals surface area contributed by atoms with Crippen molar-refractivity contribution in [1.82, 2.24) is 9.80 Å². The fraction of sp³-hybridized carbons (Fsp3) is 0.409. The van der Waals surface area contributed by atoms with Crippen LogP contribution < -0.4 is 5.32 Å². The molecule has 0 atom stereocenters. The first-order valence-electron chi connectivity index (χ1n) is 9.91. The van der Waals surface area contributed by atoms with Crippen molar-refractivity contribution in [2.75, 3.05) is 32.0 Å². The van der Waals surface area contributed by atoms with Gasteiger partial charge in [0, 0.05) is 18.3 Å². The first-order valence-corrected chi connectivity index (χ1v) is 10.7. The molecular formula is C22H25ClF3N3S. The molecule has 1 N–H and O–H groups in total. The molecule has 0 radical (unpaired) electrons. The Bertz CT molecular complexity index is 852. The van der Waals surface area contributed by atoms with Crippen molar-refractivity contribution < 1.29 is 13.2 Å². The molecule has 1 aliphatic heterocycles. The van der Waals surface area contributed by atoms with Crippen molar-refractivity contribution >= 4 is 34.6 Å². The Morgan fingerprint density at radius 3 is 2.43 bits per heavy atom. The van der Waals surface area contributed by atoms with Gasteiger partial charge in [0.15, 0.2) is 5.11 Å². The smallest absolute Gasteiger partial charge is 0.346 e. The summed E-state index contributed by atoms with van der Waals surface area (Å²) in [7, 11) is 2.10. The second-order valence-corrected chi connectivity index (χ2v) is 8.38. The van der Waals surface area contributed by atoms with E-state index in [1.807, 2.05) is 18.2 Å². The SMILES string of the molecule is CN1CCC(N(CCc2ccccc2)C(=S)Nc2ccc(C(F)(F)F)c(Cl)c2)CC1. The Balaban J connectivity index is 1.73. The summed E-state index contributed by atoms with van der Waals surface area (Å²) >= 11 is 11.5. The summed E-state index contributed by atoms with van der Waals surface area (Å²) in [5.41, 5.74) is 0.823. The summed E-state index contributed by atoms with van der Waals surface area (Å²) in [6.45, 7) is 2.71. The van der Waals surface area contributed by atoms with Crippen molar-refractivity contribution in [1.29, 1.82) is 0 Å². The number of nitrogens with zero attached hydrogens (tertiary/aromatic N) is 2. The number of piperidine rings is 1. The van der Waals surface area contributed by atoms with Gasteiger partial charge in [0.05, 0.1) is 10.6 Å². The molecule has 3 rings (SSSR count). The highest BCUT2D eigenvalue weighted by atomic mass is 35.5. The fourth-order valence-corrected chi connectivity index (χ4v) is 4.31. The van der Waals surface area contributed by atoms with Crippen LogP contribution in [-0.2, 0) is 12.6 Å². The van der Waals surface area contributed by atoms with E-state index < -0.39 is 11.7 Å². The third-order valence-corrected chi connectivity index (χ3v) is 6.05. The zero-order chi connectivity index (χ0) is 21.7. The van der Waals surface area contributed by atoms with Crippen molar-refractivity contribution in [3.8, 4) is 0 Å². The van der Waals surface area contributed by atoms with Crippen LogP contribution in [0, 0.1) is 0 Å². The third-order valence-electron chi connectivity index (χ3n) is 5.40. The minimum Gasteiger partial charge on any atom is -0.346 e. The van der Waals surface area contributed by atoms with Crippen LogP contribution in [0.5, 0.6) is 0 Å². The third kappa shape index (κ3) is 6.09. The van der Waals surface area contributed by atoms with Crippen LogP contribution in [0.2, 0.25) is 5.02 Å². The average molecular weight is 456 g/mol. The molecule has 0 aromatic heterocycles. The molecule has 2 aromatic carbocycles. The average Bonchev–Trinajstić information content (AvgIpc) is 2.69. The van der Waals surface area contributed by atoms with Crippen LogP contribution in [-0.4, -0.2) is 47.6 Å². The van der Waals surface area contributed by atoms with Gasteiger partial charge in [-0.3, -0.25) is 0 Å². The van der Waals surface area contributed by atoms with E-state index in [9.17, 15) is 13.2 Å². The first-order chi connectivity index (χ1) is 14.2. The highest BCUT2D eigenvalue weighted by Crippen LogP contribution is 2.36. The first kappa shape index (κ1) is 22.8. The Kier molecular flexibility index (Phi) is 7.60. The van der Waals surface area contributed by atoms with Crippen LogP contribution >= 0.6 is 23.8 Å². The lowest BCUT2D eigenvalue weighted by Gasteiger charge is -2.39. The largest absolute Gasteiger partial charge is 0.417 e. The van der Waals surface area contributed by atoms with Crippen LogP contribution in [0.15, 0.2) is 48.5 Å². The second-order valence-electron chi connectivity index (χ2n) is 7.59. The van der Waals surface area contributed by atoms with E-state index in [0.717, 1.165) is 45.0 Å². The molecule has 2 aromatic rings. The molecule has 0 spiro atoms. The number of anilines is 1. The lowest BCUT2D eigenvalue weighted by atomic mass is 10.0. The van der Waals surface area contributed by atoms with Gasteiger partial charge in [0.25, 0.3) is 0 Å². The molecule has 0 amide bonds. The number of halogens is 4. The second kappa shape index (κ2) is 9.98. The molecule has 30 heavy (non-hydrogen) atoms. The monoisotopic (exact) mass is 455 g/mol. The Labute approximate surface area is 185 Å². The highest BCUT2D eigenvalue weighted by molar-refractivity contribution is 7.80. The number of alkyl halides is 3. The lowest BCUT2D eigenvalue weighted by molar-refractivity contribution is -0.137. The van der Waals surface area contributed by atoms with Crippen LogP contribution in [0.3, 0.4) is 0 Å². The molecule has 1 aliphatic rings. The van der Waals surface area contributed by atoms with E-state index in [-0.39, 0.29) is 11.1 Å². The van der Waals surface area contributed by atoms with E-state index in [4.69, 9.17) is 23.8 Å². The van der Waals surface area contributed by atoms with Gasteiger partial charge in [-0.25, -0.2) is 0 Å². The molecular weight excluding hydrogens is 431 g/mol. The number of hydrogen-bond donors (Lipinski definition) is 1. The number of nitrogens with one attached hydrogen (secondary N) is 1. The molecule has 0 bridgehead atoms. The molecule has 1 saturated heterocycles. The Morgan fingerprint density at radius 1 is 1.17 bits per heavy atom. The van der Waals surface area contributed by atoms with Gasteiger partial charge in [-0.05, 0) is 75.4 Å². The van der Waals surface area contributed by atoms with Gasteiger partial charge >= 0.3 is 6.18 Å². The zero-order valence-electron chi connectivity index (χ0n) is 16.8. The minimum atomic E-state index is -4.48. The molecule has 0 unspecified atom stereocenters. The summed E-state index contributed by atoms with van der Waals surface area (Å²) in [5, 5.41) is 3.27. The van der Waals surface area contributed by atoms with E-state index in [0.29, 0.717) is 10.8 Å². The predicted molar refractivity (Wildman–Crippen MR) is 120 cm³/mol. The number of likely N-dealkylation sites (tertiary alicyclic amines) is 1. The Hall–Kier alpha value is -1.83. The van der Waals surface area contributed by atoms with Crippen molar-refractivity contribution in [2.24, 2.45) is 0 Å². The number of benzene rings is 2. The van der Waals surface area contributed by atoms with Gasteiger partial charge in [-0.2, -0.15) is 13.2 Å². The molecule has 3 nitrogen and oxygen atoms in total.